The summed E-state index contributed by atoms with van der Waals surface area (Å²) in [4.78, 5) is 0. The Balaban J connectivity index is 2.67. The van der Waals surface area contributed by atoms with Crippen LogP contribution in [0.1, 0.15) is 11.1 Å². The molecule has 0 aliphatic heterocycles. The topological polar surface area (TPSA) is 20.2 Å². The summed E-state index contributed by atoms with van der Waals surface area (Å²) in [5.74, 6) is -0.168. The molecule has 2 aromatic carbocycles. The molecule has 0 heterocycles. The van der Waals surface area contributed by atoms with E-state index in [1.54, 1.807) is 43.3 Å². The maximum absolute atomic E-state index is 13.9. The van der Waals surface area contributed by atoms with Gasteiger partial charge >= 0.3 is 0 Å². The van der Waals surface area contributed by atoms with Gasteiger partial charge in [0, 0.05) is 11.1 Å². The Morgan fingerprint density at radius 1 is 1.00 bits per heavy atom. The fourth-order valence-electron chi connectivity index (χ4n) is 1.72. The molecule has 2 aromatic rings. The molecule has 1 nitrogen and oxygen atoms in total. The lowest BCUT2D eigenvalue weighted by Gasteiger charge is -2.08. The summed E-state index contributed by atoms with van der Waals surface area (Å²) >= 11 is 0. The van der Waals surface area contributed by atoms with Gasteiger partial charge in [0.1, 0.15) is 11.6 Å². The SMILES string of the molecule is Cc1ccc(O)c(-c2cccc(C)c2F)c1. The Hall–Kier alpha value is -1.83. The summed E-state index contributed by atoms with van der Waals surface area (Å²) in [6.07, 6.45) is 0. The molecule has 0 aliphatic carbocycles. The zero-order valence-electron chi connectivity index (χ0n) is 9.29. The summed E-state index contributed by atoms with van der Waals surface area (Å²) in [5.41, 5.74) is 2.56. The van der Waals surface area contributed by atoms with E-state index < -0.39 is 0 Å². The monoisotopic (exact) mass is 216 g/mol. The molecule has 2 heteroatoms. The van der Waals surface area contributed by atoms with Crippen LogP contribution in [-0.2, 0) is 0 Å². The number of halogens is 1. The van der Waals surface area contributed by atoms with Crippen LogP contribution in [0.2, 0.25) is 0 Å². The van der Waals surface area contributed by atoms with Crippen LogP contribution in [0.25, 0.3) is 11.1 Å². The standard InChI is InChI=1S/C14H13FO/c1-9-6-7-13(16)12(8-9)11-5-3-4-10(2)14(11)15/h3-8,16H,1-2H3. The maximum Gasteiger partial charge on any atom is 0.134 e. The highest BCUT2D eigenvalue weighted by molar-refractivity contribution is 5.71. The lowest BCUT2D eigenvalue weighted by atomic mass is 10.00. The number of aryl methyl sites for hydroxylation is 2. The van der Waals surface area contributed by atoms with E-state index >= 15 is 0 Å². The fraction of sp³-hybridized carbons (Fsp3) is 0.143. The lowest BCUT2D eigenvalue weighted by Crippen LogP contribution is -1.89. The van der Waals surface area contributed by atoms with Crippen molar-refractivity contribution in [1.29, 1.82) is 0 Å². The van der Waals surface area contributed by atoms with Gasteiger partial charge in [-0.2, -0.15) is 0 Å². The fourth-order valence-corrected chi connectivity index (χ4v) is 1.72. The smallest absolute Gasteiger partial charge is 0.134 e. The van der Waals surface area contributed by atoms with Gasteiger partial charge in [-0.05, 0) is 31.5 Å². The van der Waals surface area contributed by atoms with E-state index in [-0.39, 0.29) is 11.6 Å². The highest BCUT2D eigenvalue weighted by Crippen LogP contribution is 2.32. The molecule has 0 aromatic heterocycles. The highest BCUT2D eigenvalue weighted by atomic mass is 19.1. The molecule has 0 unspecified atom stereocenters. The molecule has 0 bridgehead atoms. The Morgan fingerprint density at radius 2 is 1.75 bits per heavy atom. The molecule has 82 valence electrons. The van der Waals surface area contributed by atoms with E-state index in [1.807, 2.05) is 6.92 Å². The molecule has 1 N–H and O–H groups in total. The summed E-state index contributed by atoms with van der Waals surface area (Å²) < 4.78 is 13.9. The van der Waals surface area contributed by atoms with Crippen LogP contribution in [-0.4, -0.2) is 5.11 Å². The molecule has 0 amide bonds. The molecule has 0 spiro atoms. The first-order chi connectivity index (χ1) is 7.59. The summed E-state index contributed by atoms with van der Waals surface area (Å²) in [6, 6.07) is 10.4. The number of benzene rings is 2. The first-order valence-electron chi connectivity index (χ1n) is 5.14. The molecule has 0 saturated carbocycles. The number of hydrogen-bond acceptors (Lipinski definition) is 1. The Labute approximate surface area is 94.2 Å². The van der Waals surface area contributed by atoms with Crippen LogP contribution in [0, 0.1) is 19.7 Å². The molecule has 0 radical (unpaired) electrons. The van der Waals surface area contributed by atoms with Crippen molar-refractivity contribution in [3.63, 3.8) is 0 Å². The average molecular weight is 216 g/mol. The van der Waals surface area contributed by atoms with Crippen molar-refractivity contribution in [2.75, 3.05) is 0 Å². The van der Waals surface area contributed by atoms with Gasteiger partial charge in [0.25, 0.3) is 0 Å². The third-order valence-electron chi connectivity index (χ3n) is 2.63. The number of aromatic hydroxyl groups is 1. The van der Waals surface area contributed by atoms with E-state index in [9.17, 15) is 9.50 Å². The van der Waals surface area contributed by atoms with Gasteiger partial charge in [-0.25, -0.2) is 4.39 Å². The van der Waals surface area contributed by atoms with E-state index in [0.717, 1.165) is 5.56 Å². The minimum Gasteiger partial charge on any atom is -0.507 e. The molecule has 16 heavy (non-hydrogen) atoms. The van der Waals surface area contributed by atoms with Crippen LogP contribution in [0.5, 0.6) is 5.75 Å². The number of phenolic OH excluding ortho intramolecular Hbond substituents is 1. The molecular formula is C14H13FO. The van der Waals surface area contributed by atoms with Crippen LogP contribution < -0.4 is 0 Å². The van der Waals surface area contributed by atoms with Gasteiger partial charge in [-0.1, -0.05) is 29.8 Å². The Bertz CT molecular complexity index is 532. The van der Waals surface area contributed by atoms with Crippen molar-refractivity contribution in [2.45, 2.75) is 13.8 Å². The quantitative estimate of drug-likeness (QED) is 0.768. The van der Waals surface area contributed by atoms with Gasteiger partial charge in [-0.15, -0.1) is 0 Å². The summed E-state index contributed by atoms with van der Waals surface area (Å²) in [7, 11) is 0. The van der Waals surface area contributed by atoms with E-state index in [4.69, 9.17) is 0 Å². The Morgan fingerprint density at radius 3 is 2.50 bits per heavy atom. The first-order valence-corrected chi connectivity index (χ1v) is 5.14. The lowest BCUT2D eigenvalue weighted by molar-refractivity contribution is 0.476. The van der Waals surface area contributed by atoms with Crippen molar-refractivity contribution < 1.29 is 9.50 Å². The van der Waals surface area contributed by atoms with Gasteiger partial charge < -0.3 is 5.11 Å². The maximum atomic E-state index is 13.9. The number of hydrogen-bond donors (Lipinski definition) is 1. The van der Waals surface area contributed by atoms with Crippen LogP contribution in [0.3, 0.4) is 0 Å². The highest BCUT2D eigenvalue weighted by Gasteiger charge is 2.10. The summed E-state index contributed by atoms with van der Waals surface area (Å²) in [6.45, 7) is 3.63. The third kappa shape index (κ3) is 1.78. The second-order valence-corrected chi connectivity index (χ2v) is 3.96. The van der Waals surface area contributed by atoms with Crippen molar-refractivity contribution >= 4 is 0 Å². The molecule has 0 atom stereocenters. The van der Waals surface area contributed by atoms with E-state index in [1.165, 1.54) is 0 Å². The second-order valence-electron chi connectivity index (χ2n) is 3.96. The number of rotatable bonds is 1. The van der Waals surface area contributed by atoms with E-state index in [2.05, 4.69) is 0 Å². The van der Waals surface area contributed by atoms with Gasteiger partial charge in [0.2, 0.25) is 0 Å². The average Bonchev–Trinajstić information content (AvgIpc) is 2.26. The van der Waals surface area contributed by atoms with Gasteiger partial charge in [-0.3, -0.25) is 0 Å². The molecule has 0 saturated heterocycles. The molecule has 0 fully saturated rings. The normalized spacial score (nSPS) is 10.4. The second kappa shape index (κ2) is 3.97. The van der Waals surface area contributed by atoms with Crippen LogP contribution in [0.4, 0.5) is 4.39 Å². The van der Waals surface area contributed by atoms with Crippen molar-refractivity contribution in [2.24, 2.45) is 0 Å². The largest absolute Gasteiger partial charge is 0.507 e. The number of phenols is 1. The minimum absolute atomic E-state index is 0.107. The zero-order chi connectivity index (χ0) is 11.7. The zero-order valence-corrected chi connectivity index (χ0v) is 9.29. The van der Waals surface area contributed by atoms with Crippen LogP contribution in [0.15, 0.2) is 36.4 Å². The van der Waals surface area contributed by atoms with Gasteiger partial charge in [0.15, 0.2) is 0 Å². The predicted molar refractivity (Wildman–Crippen MR) is 63.0 cm³/mol. The van der Waals surface area contributed by atoms with E-state index in [0.29, 0.717) is 16.7 Å². The molecular weight excluding hydrogens is 203 g/mol. The minimum atomic E-state index is -0.275. The molecule has 2 rings (SSSR count). The van der Waals surface area contributed by atoms with Gasteiger partial charge in [0.05, 0.1) is 0 Å². The van der Waals surface area contributed by atoms with Crippen molar-refractivity contribution in [3.05, 3.63) is 53.3 Å². The predicted octanol–water partition coefficient (Wildman–Crippen LogP) is 3.82. The first kappa shape index (κ1) is 10.7. The van der Waals surface area contributed by atoms with Crippen LogP contribution >= 0.6 is 0 Å². The third-order valence-corrected chi connectivity index (χ3v) is 2.63. The summed E-state index contributed by atoms with van der Waals surface area (Å²) in [5, 5.41) is 9.74. The Kier molecular flexibility index (Phi) is 2.65. The van der Waals surface area contributed by atoms with Crippen molar-refractivity contribution in [1.82, 2.24) is 0 Å². The van der Waals surface area contributed by atoms with Crippen molar-refractivity contribution in [3.8, 4) is 16.9 Å². The molecule has 0 aliphatic rings.